The average Bonchev–Trinajstić information content (AvgIpc) is 3.65. The van der Waals surface area contributed by atoms with Crippen LogP contribution in [0.15, 0.2) is 242 Å². The smallest absolute Gasteiger partial charge is 0.145 e. The van der Waals surface area contributed by atoms with E-state index in [1.54, 1.807) is 0 Å². The topological polar surface area (TPSA) is 27.6 Å². The molecular weight excluding hydrogens is 751 g/mol. The Labute approximate surface area is 362 Å². The molecular formula is C59H41N3. The fourth-order valence-corrected chi connectivity index (χ4v) is 10.1. The summed E-state index contributed by atoms with van der Waals surface area (Å²) in [6.45, 7) is 0. The van der Waals surface area contributed by atoms with Crippen LogP contribution >= 0.6 is 0 Å². The molecule has 2 heterocycles. The SMILES string of the molecule is C1=C(c2ccccc2)NC(c2ccccc2)N=C1c1cccc(-c2ccc(-c3ccc4c(c3)C3(c5ccccc5-4)c4ccccc4N(c4ccccc4)c4ccccc43)cc2)c1. The monoisotopic (exact) mass is 791 g/mol. The van der Waals surface area contributed by atoms with E-state index in [-0.39, 0.29) is 6.17 Å². The largest absolute Gasteiger partial charge is 0.360 e. The van der Waals surface area contributed by atoms with Crippen LogP contribution in [0.4, 0.5) is 17.1 Å². The van der Waals surface area contributed by atoms with E-state index < -0.39 is 5.41 Å². The lowest BCUT2D eigenvalue weighted by molar-refractivity contribution is 0.664. The molecule has 3 nitrogen and oxygen atoms in total. The first kappa shape index (κ1) is 35.9. The van der Waals surface area contributed by atoms with Gasteiger partial charge in [0, 0.05) is 16.9 Å². The minimum Gasteiger partial charge on any atom is -0.360 e. The number of benzene rings is 9. The molecule has 3 aliphatic rings. The minimum absolute atomic E-state index is 0.188. The molecule has 1 unspecified atom stereocenters. The van der Waals surface area contributed by atoms with Crippen molar-refractivity contribution >= 4 is 28.5 Å². The number of allylic oxidation sites excluding steroid dienone is 1. The van der Waals surface area contributed by atoms with Crippen LogP contribution in [0.3, 0.4) is 0 Å². The highest BCUT2D eigenvalue weighted by molar-refractivity contribution is 6.13. The van der Waals surface area contributed by atoms with E-state index >= 15 is 0 Å². The highest BCUT2D eigenvalue weighted by atomic mass is 15.2. The van der Waals surface area contributed by atoms with Crippen LogP contribution in [0, 0.1) is 0 Å². The lowest BCUT2D eigenvalue weighted by atomic mass is 9.64. The first-order chi connectivity index (χ1) is 30.7. The number of nitrogens with zero attached hydrogens (tertiary/aromatic N) is 2. The van der Waals surface area contributed by atoms with Crippen LogP contribution in [0.5, 0.6) is 0 Å². The van der Waals surface area contributed by atoms with Crippen LogP contribution in [0.2, 0.25) is 0 Å². The third kappa shape index (κ3) is 5.70. The second-order valence-electron chi connectivity index (χ2n) is 16.3. The predicted molar refractivity (Wildman–Crippen MR) is 256 cm³/mol. The van der Waals surface area contributed by atoms with Crippen molar-refractivity contribution in [1.29, 1.82) is 0 Å². The first-order valence-corrected chi connectivity index (χ1v) is 21.4. The highest BCUT2D eigenvalue weighted by Crippen LogP contribution is 2.63. The molecule has 0 fully saturated rings. The Morgan fingerprint density at radius 3 is 1.60 bits per heavy atom. The van der Waals surface area contributed by atoms with Gasteiger partial charge in [-0.2, -0.15) is 0 Å². The van der Waals surface area contributed by atoms with Crippen LogP contribution in [-0.4, -0.2) is 5.71 Å². The van der Waals surface area contributed by atoms with Gasteiger partial charge in [-0.3, -0.25) is 4.99 Å². The maximum atomic E-state index is 5.24. The third-order valence-corrected chi connectivity index (χ3v) is 12.9. The first-order valence-electron chi connectivity index (χ1n) is 21.4. The molecule has 1 aliphatic carbocycles. The Balaban J connectivity index is 0.940. The van der Waals surface area contributed by atoms with Gasteiger partial charge in [-0.15, -0.1) is 0 Å². The van der Waals surface area contributed by atoms with E-state index in [2.05, 4.69) is 241 Å². The second kappa shape index (κ2) is 14.6. The zero-order valence-electron chi connectivity index (χ0n) is 34.0. The van der Waals surface area contributed by atoms with Gasteiger partial charge in [0.05, 0.1) is 22.5 Å². The van der Waals surface area contributed by atoms with Crippen LogP contribution in [0.1, 0.15) is 45.1 Å². The summed E-state index contributed by atoms with van der Waals surface area (Å²) in [4.78, 5) is 7.68. The number of rotatable bonds is 6. The molecule has 292 valence electrons. The fourth-order valence-electron chi connectivity index (χ4n) is 10.1. The molecule has 12 rings (SSSR count). The molecule has 9 aromatic carbocycles. The minimum atomic E-state index is -0.494. The summed E-state index contributed by atoms with van der Waals surface area (Å²) < 4.78 is 0. The van der Waals surface area contributed by atoms with Crippen LogP contribution in [-0.2, 0) is 5.41 Å². The maximum Gasteiger partial charge on any atom is 0.145 e. The standard InChI is InChI=1S/C59H41N3/c1-4-17-42(18-5-1)54-39-55(61-58(60-54)43-19-6-2-7-20-43)46-22-16-21-44(37-46)40-31-33-41(34-32-40)45-35-36-49-48-25-10-11-26-50(48)59(53(49)38-45)51-27-12-14-29-56(51)62(47-23-8-3-9-24-47)57-30-15-13-28-52(57)59/h1-39,58,60H. The number of hydrogen-bond donors (Lipinski definition) is 1. The summed E-state index contributed by atoms with van der Waals surface area (Å²) in [5.41, 5.74) is 21.0. The predicted octanol–water partition coefficient (Wildman–Crippen LogP) is 14.3. The fraction of sp³-hybridized carbons (Fsp3) is 0.0339. The molecule has 0 bridgehead atoms. The van der Waals surface area contributed by atoms with E-state index in [1.165, 1.54) is 55.9 Å². The van der Waals surface area contributed by atoms with Crippen molar-refractivity contribution in [3.8, 4) is 33.4 Å². The van der Waals surface area contributed by atoms with Gasteiger partial charge < -0.3 is 10.2 Å². The van der Waals surface area contributed by atoms with Gasteiger partial charge in [0.2, 0.25) is 0 Å². The number of hydrogen-bond acceptors (Lipinski definition) is 3. The van der Waals surface area contributed by atoms with E-state index in [1.807, 2.05) is 6.07 Å². The van der Waals surface area contributed by atoms with Crippen molar-refractivity contribution < 1.29 is 0 Å². The van der Waals surface area contributed by atoms with Gasteiger partial charge in [0.1, 0.15) is 6.17 Å². The molecule has 9 aromatic rings. The second-order valence-corrected chi connectivity index (χ2v) is 16.3. The van der Waals surface area contributed by atoms with Gasteiger partial charge in [-0.25, -0.2) is 0 Å². The van der Waals surface area contributed by atoms with Gasteiger partial charge >= 0.3 is 0 Å². The zero-order valence-corrected chi connectivity index (χ0v) is 34.0. The maximum absolute atomic E-state index is 5.24. The summed E-state index contributed by atoms with van der Waals surface area (Å²) in [6, 6.07) is 83.8. The number of nitrogens with one attached hydrogen (secondary N) is 1. The zero-order chi connectivity index (χ0) is 41.0. The number of anilines is 3. The summed E-state index contributed by atoms with van der Waals surface area (Å²) in [6.07, 6.45) is 1.99. The highest BCUT2D eigenvalue weighted by Gasteiger charge is 2.51. The number of aliphatic imine (C=N–C) groups is 1. The van der Waals surface area contributed by atoms with Gasteiger partial charge in [-0.1, -0.05) is 194 Å². The summed E-state index contributed by atoms with van der Waals surface area (Å²) >= 11 is 0. The van der Waals surface area contributed by atoms with Gasteiger partial charge in [-0.05, 0) is 109 Å². The van der Waals surface area contributed by atoms with Gasteiger partial charge in [0.25, 0.3) is 0 Å². The molecule has 0 radical (unpaired) electrons. The third-order valence-electron chi connectivity index (χ3n) is 12.9. The van der Waals surface area contributed by atoms with Crippen molar-refractivity contribution in [2.75, 3.05) is 4.90 Å². The summed E-state index contributed by atoms with van der Waals surface area (Å²) in [5.74, 6) is 0. The molecule has 62 heavy (non-hydrogen) atoms. The summed E-state index contributed by atoms with van der Waals surface area (Å²) in [7, 11) is 0. The van der Waals surface area contributed by atoms with Crippen molar-refractivity contribution in [2.45, 2.75) is 11.6 Å². The van der Waals surface area contributed by atoms with E-state index in [9.17, 15) is 0 Å². The van der Waals surface area contributed by atoms with Crippen molar-refractivity contribution in [3.63, 3.8) is 0 Å². The van der Waals surface area contributed by atoms with E-state index in [4.69, 9.17) is 4.99 Å². The van der Waals surface area contributed by atoms with Crippen molar-refractivity contribution in [3.05, 3.63) is 276 Å². The lowest BCUT2D eigenvalue weighted by Crippen LogP contribution is -2.36. The van der Waals surface area contributed by atoms with Crippen molar-refractivity contribution in [1.82, 2.24) is 5.32 Å². The summed E-state index contributed by atoms with van der Waals surface area (Å²) in [5, 5.41) is 3.68. The van der Waals surface area contributed by atoms with Crippen LogP contribution < -0.4 is 10.2 Å². The number of para-hydroxylation sites is 3. The quantitative estimate of drug-likeness (QED) is 0.182. The molecule has 1 spiro atoms. The van der Waals surface area contributed by atoms with E-state index in [0.29, 0.717) is 0 Å². The lowest BCUT2D eigenvalue weighted by Gasteiger charge is -2.45. The molecule has 1 atom stereocenters. The van der Waals surface area contributed by atoms with Crippen molar-refractivity contribution in [2.24, 2.45) is 4.99 Å². The molecule has 0 saturated carbocycles. The Morgan fingerprint density at radius 2 is 0.903 bits per heavy atom. The molecule has 2 aliphatic heterocycles. The van der Waals surface area contributed by atoms with E-state index in [0.717, 1.165) is 44.9 Å². The molecule has 3 heteroatoms. The Morgan fingerprint density at radius 1 is 0.387 bits per heavy atom. The molecule has 0 saturated heterocycles. The van der Waals surface area contributed by atoms with Gasteiger partial charge in [0.15, 0.2) is 0 Å². The Hall–Kier alpha value is -8.01. The normalized spacial score (nSPS) is 15.4. The number of fused-ring (bicyclic) bond motifs is 9. The molecule has 0 aromatic heterocycles. The van der Waals surface area contributed by atoms with Crippen LogP contribution in [0.25, 0.3) is 39.1 Å². The molecule has 0 amide bonds. The average molecular weight is 792 g/mol. The Bertz CT molecular complexity index is 3160. The Kier molecular flexibility index (Phi) is 8.46. The molecule has 1 N–H and O–H groups in total.